The van der Waals surface area contributed by atoms with Crippen LogP contribution in [-0.4, -0.2) is 23.9 Å². The Morgan fingerprint density at radius 2 is 1.42 bits per heavy atom. The third kappa shape index (κ3) is 9.02. The Morgan fingerprint density at radius 1 is 0.808 bits per heavy atom. The van der Waals surface area contributed by atoms with Crippen LogP contribution < -0.4 is 10.4 Å². The summed E-state index contributed by atoms with van der Waals surface area (Å²) in [5.74, 6) is 1.17. The van der Waals surface area contributed by atoms with Gasteiger partial charge in [-0.3, -0.25) is 9.78 Å². The monoisotopic (exact) mass is 905 g/mol. The first-order valence-corrected chi connectivity index (χ1v) is 22.6. The molecule has 1 radical (unpaired) electrons. The summed E-state index contributed by atoms with van der Waals surface area (Å²) in [5.41, 5.74) is 3.59. The number of carbonyl (C=O) groups excluding carboxylic acids is 1. The van der Waals surface area contributed by atoms with Crippen LogP contribution in [0.4, 0.5) is 0 Å². The molecule has 6 rings (SSSR count). The van der Waals surface area contributed by atoms with Crippen molar-refractivity contribution < 1.29 is 30.0 Å². The van der Waals surface area contributed by atoms with Crippen molar-refractivity contribution in [1.82, 2.24) is 4.98 Å². The predicted molar refractivity (Wildman–Crippen MR) is 225 cm³/mol. The van der Waals surface area contributed by atoms with E-state index in [-0.39, 0.29) is 43.5 Å². The first kappa shape index (κ1) is 41.3. The minimum Gasteiger partial charge on any atom is -0.512 e. The Bertz CT molecular complexity index is 2130. The molecule has 4 aromatic carbocycles. The maximum Gasteiger partial charge on any atom is 0.162 e. The van der Waals surface area contributed by atoms with Gasteiger partial charge in [-0.15, -0.1) is 40.1 Å². The van der Waals surface area contributed by atoms with Crippen molar-refractivity contribution in [1.29, 1.82) is 0 Å². The molecule has 1 N–H and O–H groups in total. The predicted octanol–water partition coefficient (Wildman–Crippen LogP) is 12.0. The van der Waals surface area contributed by atoms with Gasteiger partial charge in [0.25, 0.3) is 0 Å². The van der Waals surface area contributed by atoms with Gasteiger partial charge >= 0.3 is 0 Å². The van der Waals surface area contributed by atoms with E-state index in [0.29, 0.717) is 5.92 Å². The summed E-state index contributed by atoms with van der Waals surface area (Å²) >= 11 is 1.90. The van der Waals surface area contributed by atoms with Gasteiger partial charge in [-0.05, 0) is 55.0 Å². The molecule has 0 aliphatic carbocycles. The van der Waals surface area contributed by atoms with Crippen molar-refractivity contribution in [2.75, 3.05) is 0 Å². The zero-order valence-corrected chi connectivity index (χ0v) is 36.3. The minimum absolute atomic E-state index is 0. The van der Waals surface area contributed by atoms with E-state index in [4.69, 9.17) is 4.98 Å². The van der Waals surface area contributed by atoms with Gasteiger partial charge in [-0.25, -0.2) is 0 Å². The average molecular weight is 905 g/mol. The Hall–Kier alpha value is -3.41. The van der Waals surface area contributed by atoms with Gasteiger partial charge in [-0.2, -0.15) is 0 Å². The number of benzene rings is 4. The van der Waals surface area contributed by atoms with E-state index in [0.717, 1.165) is 43.4 Å². The number of thiophene rings is 1. The summed E-state index contributed by atoms with van der Waals surface area (Å²) in [6.45, 7) is 17.6. The molecule has 0 saturated heterocycles. The number of allylic oxidation sites excluding steroid dienone is 2. The van der Waals surface area contributed by atoms with Crippen molar-refractivity contribution >= 4 is 66.5 Å². The first-order valence-electron chi connectivity index (χ1n) is 18.8. The number of rotatable bonds is 12. The van der Waals surface area contributed by atoms with Crippen molar-refractivity contribution in [2.45, 2.75) is 86.7 Å². The van der Waals surface area contributed by atoms with Crippen molar-refractivity contribution in [2.24, 2.45) is 17.8 Å². The molecule has 2 heterocycles. The standard InChI is InChI=1S/C33H30NSSi.C13H24O2.Ir/c1-22(2)19-24-12-10-16-28-29-17-18-34-31(33(29)35-32(24)28)25-20-23-11-8-9-15-27(23)30(21-25)36(3,4)26-13-6-5-7-14-26;1-5-10(6-2)12(14)9-13(15)11(7-3)8-4;/h5-18,21-22H,19H2,1-4H3;9-11,14H,5-8H2,1-4H3;/q-1;;/b;12-9-;. The molecule has 52 heavy (non-hydrogen) atoms. The average Bonchev–Trinajstić information content (AvgIpc) is 3.52. The van der Waals surface area contributed by atoms with Gasteiger partial charge in [-0.1, -0.05) is 138 Å². The summed E-state index contributed by atoms with van der Waals surface area (Å²) in [7, 11) is -1.96. The van der Waals surface area contributed by atoms with E-state index < -0.39 is 8.07 Å². The Morgan fingerprint density at radius 3 is 2.08 bits per heavy atom. The summed E-state index contributed by atoms with van der Waals surface area (Å²) < 4.78 is 2.66. The van der Waals surface area contributed by atoms with Crippen LogP contribution in [0.3, 0.4) is 0 Å². The fourth-order valence-corrected chi connectivity index (χ4v) is 11.3. The number of ketones is 1. The number of pyridine rings is 1. The summed E-state index contributed by atoms with van der Waals surface area (Å²) in [4.78, 5) is 16.7. The molecule has 3 nitrogen and oxygen atoms in total. The zero-order chi connectivity index (χ0) is 36.7. The van der Waals surface area contributed by atoms with Crippen LogP contribution in [0.2, 0.25) is 13.1 Å². The molecule has 0 spiro atoms. The van der Waals surface area contributed by atoms with Crippen LogP contribution in [0.1, 0.15) is 72.8 Å². The Labute approximate surface area is 330 Å². The number of fused-ring (bicyclic) bond motifs is 4. The fourth-order valence-electron chi connectivity index (χ4n) is 7.24. The number of hydrogen-bond acceptors (Lipinski definition) is 4. The quantitative estimate of drug-likeness (QED) is 0.0576. The van der Waals surface area contributed by atoms with E-state index >= 15 is 0 Å². The van der Waals surface area contributed by atoms with Gasteiger partial charge < -0.3 is 5.11 Å². The maximum atomic E-state index is 11.7. The molecule has 0 atom stereocenters. The minimum atomic E-state index is -1.96. The number of aliphatic hydroxyl groups is 1. The molecule has 6 heteroatoms. The van der Waals surface area contributed by atoms with Gasteiger partial charge in [0, 0.05) is 64.7 Å². The van der Waals surface area contributed by atoms with Crippen LogP contribution in [-0.2, 0) is 31.3 Å². The topological polar surface area (TPSA) is 50.2 Å². The van der Waals surface area contributed by atoms with Crippen molar-refractivity contribution in [3.8, 4) is 11.3 Å². The van der Waals surface area contributed by atoms with Crippen LogP contribution in [0.5, 0.6) is 0 Å². The molecule has 0 aliphatic rings. The van der Waals surface area contributed by atoms with E-state index in [1.807, 2.05) is 45.2 Å². The molecular formula is C46H54IrNO2SSi-. The third-order valence-electron chi connectivity index (χ3n) is 10.4. The largest absolute Gasteiger partial charge is 0.512 e. The molecule has 0 aliphatic heterocycles. The van der Waals surface area contributed by atoms with Crippen LogP contribution in [0.25, 0.3) is 42.2 Å². The molecule has 0 bridgehead atoms. The molecule has 0 amide bonds. The number of carbonyl (C=O) groups is 1. The van der Waals surface area contributed by atoms with Crippen LogP contribution in [0, 0.1) is 23.8 Å². The Kier molecular flexibility index (Phi) is 14.8. The van der Waals surface area contributed by atoms with Gasteiger partial charge in [0.15, 0.2) is 5.78 Å². The number of aliphatic hydroxyl groups excluding tert-OH is 1. The summed E-state index contributed by atoms with van der Waals surface area (Å²) in [5, 5.41) is 17.8. The molecule has 6 aromatic rings. The van der Waals surface area contributed by atoms with E-state index in [2.05, 4.69) is 118 Å². The summed E-state index contributed by atoms with van der Waals surface area (Å²) in [6, 6.07) is 34.8. The van der Waals surface area contributed by atoms with Gasteiger partial charge in [0.2, 0.25) is 0 Å². The Balaban J connectivity index is 0.000000323. The molecule has 0 saturated carbocycles. The second-order valence-corrected chi connectivity index (χ2v) is 20.0. The molecule has 2 aromatic heterocycles. The van der Waals surface area contributed by atoms with E-state index in [1.54, 1.807) is 0 Å². The SMILES string of the molecule is CC(C)Cc1cccc2c1sc1c(-c3[c-]c4ccccc4c([Si](C)(C)c4ccccc4)c3)nccc12.CCC(CC)C(=O)/C=C(\O)C(CC)CC.[Ir]. The number of nitrogens with zero attached hydrogens (tertiary/aromatic N) is 1. The molecular weight excluding hydrogens is 851 g/mol. The maximum absolute atomic E-state index is 11.7. The second kappa shape index (κ2) is 18.6. The molecule has 0 unspecified atom stereocenters. The van der Waals surface area contributed by atoms with E-state index in [1.165, 1.54) is 53.0 Å². The van der Waals surface area contributed by atoms with Crippen molar-refractivity contribution in [3.05, 3.63) is 115 Å². The smallest absolute Gasteiger partial charge is 0.162 e. The van der Waals surface area contributed by atoms with Crippen molar-refractivity contribution in [3.63, 3.8) is 0 Å². The number of hydrogen-bond donors (Lipinski definition) is 1. The first-order chi connectivity index (χ1) is 24.5. The van der Waals surface area contributed by atoms with Crippen LogP contribution >= 0.6 is 11.3 Å². The number of aromatic nitrogens is 1. The molecule has 0 fully saturated rings. The summed E-state index contributed by atoms with van der Waals surface area (Å²) in [6.07, 6.45) is 7.97. The van der Waals surface area contributed by atoms with Gasteiger partial charge in [0.05, 0.1) is 13.8 Å². The van der Waals surface area contributed by atoms with E-state index in [9.17, 15) is 9.90 Å². The zero-order valence-electron chi connectivity index (χ0n) is 32.0. The third-order valence-corrected chi connectivity index (χ3v) is 15.2. The normalized spacial score (nSPS) is 12.1. The van der Waals surface area contributed by atoms with Gasteiger partial charge in [0.1, 0.15) is 0 Å². The fraction of sp³-hybridized carbons (Fsp3) is 0.348. The molecule has 275 valence electrons. The second-order valence-electron chi connectivity index (χ2n) is 14.7. The van der Waals surface area contributed by atoms with Crippen LogP contribution in [0.15, 0.2) is 103 Å².